The van der Waals surface area contributed by atoms with Gasteiger partial charge >= 0.3 is 0 Å². The second kappa shape index (κ2) is 6.43. The van der Waals surface area contributed by atoms with E-state index in [0.717, 1.165) is 0 Å². The highest BCUT2D eigenvalue weighted by molar-refractivity contribution is 6.09. The van der Waals surface area contributed by atoms with Crippen LogP contribution in [0.5, 0.6) is 11.5 Å². The Morgan fingerprint density at radius 3 is 2.76 bits per heavy atom. The molecule has 2 rings (SSSR count). The largest absolute Gasteiger partial charge is 0.493 e. The minimum absolute atomic E-state index is 0.0612. The molecule has 0 amide bonds. The van der Waals surface area contributed by atoms with Crippen LogP contribution in [0, 0.1) is 0 Å². The zero-order valence-corrected chi connectivity index (χ0v) is 12.8. The highest BCUT2D eigenvalue weighted by Crippen LogP contribution is 2.23. The van der Waals surface area contributed by atoms with Crippen molar-refractivity contribution in [2.75, 3.05) is 7.11 Å². The first kappa shape index (κ1) is 15.1. The van der Waals surface area contributed by atoms with Gasteiger partial charge in [-0.05, 0) is 32.9 Å². The van der Waals surface area contributed by atoms with E-state index in [9.17, 15) is 4.79 Å². The lowest BCUT2D eigenvalue weighted by molar-refractivity contribution is 0.102. The zero-order valence-electron chi connectivity index (χ0n) is 12.8. The number of hydrogen-bond acceptors (Lipinski definition) is 4. The zero-order chi connectivity index (χ0) is 15.4. The van der Waals surface area contributed by atoms with E-state index in [-0.39, 0.29) is 11.9 Å². The highest BCUT2D eigenvalue weighted by atomic mass is 16.5. The molecule has 5 heteroatoms. The minimum atomic E-state index is -0.125. The number of aryl methyl sites for hydroxylation is 1. The van der Waals surface area contributed by atoms with Crippen molar-refractivity contribution >= 4 is 5.78 Å². The molecule has 5 nitrogen and oxygen atoms in total. The van der Waals surface area contributed by atoms with E-state index in [1.165, 1.54) is 7.11 Å². The van der Waals surface area contributed by atoms with Gasteiger partial charge in [0, 0.05) is 12.1 Å². The summed E-state index contributed by atoms with van der Waals surface area (Å²) in [5, 5.41) is 4.16. The van der Waals surface area contributed by atoms with Crippen molar-refractivity contribution in [3.63, 3.8) is 0 Å². The van der Waals surface area contributed by atoms with Crippen molar-refractivity contribution in [2.45, 2.75) is 33.4 Å². The van der Waals surface area contributed by atoms with Gasteiger partial charge in [-0.3, -0.25) is 9.48 Å². The Bertz CT molecular complexity index is 611. The number of ether oxygens (including phenoxy) is 2. The first-order valence-electron chi connectivity index (χ1n) is 6.98. The van der Waals surface area contributed by atoms with E-state index >= 15 is 0 Å². The van der Waals surface area contributed by atoms with Crippen molar-refractivity contribution in [2.24, 2.45) is 0 Å². The molecule has 1 aromatic carbocycles. The number of carbonyl (C=O) groups excluding carboxylic acids is 1. The second-order valence-electron chi connectivity index (χ2n) is 4.90. The normalized spacial score (nSPS) is 10.7. The lowest BCUT2D eigenvalue weighted by Gasteiger charge is -2.11. The van der Waals surface area contributed by atoms with Gasteiger partial charge in [0.25, 0.3) is 0 Å². The van der Waals surface area contributed by atoms with Crippen LogP contribution in [0.4, 0.5) is 0 Å². The van der Waals surface area contributed by atoms with Crippen molar-refractivity contribution in [3.8, 4) is 11.5 Å². The SMILES string of the molecule is CCn1ncc(OC)c1C(=O)c1cccc(OC(C)C)c1. The monoisotopic (exact) mass is 288 g/mol. The smallest absolute Gasteiger partial charge is 0.214 e. The molecule has 0 saturated carbocycles. The van der Waals surface area contributed by atoms with Crippen LogP contribution in [0.1, 0.15) is 36.8 Å². The molecular formula is C16H20N2O3. The van der Waals surface area contributed by atoms with E-state index in [4.69, 9.17) is 9.47 Å². The molecule has 0 aliphatic rings. The lowest BCUT2D eigenvalue weighted by atomic mass is 10.1. The maximum atomic E-state index is 12.7. The molecule has 21 heavy (non-hydrogen) atoms. The van der Waals surface area contributed by atoms with Crippen LogP contribution < -0.4 is 9.47 Å². The molecule has 0 N–H and O–H groups in total. The topological polar surface area (TPSA) is 53.4 Å². The van der Waals surface area contributed by atoms with Gasteiger partial charge < -0.3 is 9.47 Å². The van der Waals surface area contributed by atoms with Crippen LogP contribution in [0.2, 0.25) is 0 Å². The summed E-state index contributed by atoms with van der Waals surface area (Å²) < 4.78 is 12.5. The molecule has 0 spiro atoms. The maximum Gasteiger partial charge on any atom is 0.214 e. The molecule has 0 radical (unpaired) electrons. The highest BCUT2D eigenvalue weighted by Gasteiger charge is 2.20. The molecule has 2 aromatic rings. The molecule has 0 saturated heterocycles. The molecule has 0 fully saturated rings. The third-order valence-electron chi connectivity index (χ3n) is 3.01. The van der Waals surface area contributed by atoms with Crippen LogP contribution in [0.3, 0.4) is 0 Å². The number of methoxy groups -OCH3 is 1. The Labute approximate surface area is 124 Å². The average molecular weight is 288 g/mol. The van der Waals surface area contributed by atoms with Crippen molar-refractivity contribution in [1.29, 1.82) is 0 Å². The Balaban J connectivity index is 2.38. The Kier molecular flexibility index (Phi) is 4.62. The third kappa shape index (κ3) is 3.24. The fourth-order valence-electron chi connectivity index (χ4n) is 2.11. The predicted octanol–water partition coefficient (Wildman–Crippen LogP) is 2.93. The van der Waals surface area contributed by atoms with Gasteiger partial charge in [0.05, 0.1) is 19.4 Å². The van der Waals surface area contributed by atoms with Gasteiger partial charge in [-0.2, -0.15) is 5.10 Å². The van der Waals surface area contributed by atoms with Crippen LogP contribution >= 0.6 is 0 Å². The van der Waals surface area contributed by atoms with E-state index in [2.05, 4.69) is 5.10 Å². The Hall–Kier alpha value is -2.30. The Morgan fingerprint density at radius 2 is 2.14 bits per heavy atom. The number of benzene rings is 1. The summed E-state index contributed by atoms with van der Waals surface area (Å²) in [7, 11) is 1.53. The molecule has 0 aliphatic heterocycles. The van der Waals surface area contributed by atoms with Crippen LogP contribution in [0.25, 0.3) is 0 Å². The number of aromatic nitrogens is 2. The molecule has 1 aromatic heterocycles. The standard InChI is InChI=1S/C16H20N2O3/c1-5-18-15(14(20-4)10-17-18)16(19)12-7-6-8-13(9-12)21-11(2)3/h6-11H,5H2,1-4H3. The van der Waals surface area contributed by atoms with Gasteiger partial charge in [-0.15, -0.1) is 0 Å². The van der Waals surface area contributed by atoms with Crippen molar-refractivity contribution in [3.05, 3.63) is 41.7 Å². The van der Waals surface area contributed by atoms with E-state index in [0.29, 0.717) is 29.3 Å². The van der Waals surface area contributed by atoms with Gasteiger partial charge in [-0.25, -0.2) is 0 Å². The van der Waals surface area contributed by atoms with Crippen LogP contribution in [0.15, 0.2) is 30.5 Å². The molecular weight excluding hydrogens is 268 g/mol. The third-order valence-corrected chi connectivity index (χ3v) is 3.01. The maximum absolute atomic E-state index is 12.7. The summed E-state index contributed by atoms with van der Waals surface area (Å²) in [5.41, 5.74) is 1.02. The van der Waals surface area contributed by atoms with Crippen molar-refractivity contribution in [1.82, 2.24) is 9.78 Å². The van der Waals surface area contributed by atoms with E-state index in [1.54, 1.807) is 23.0 Å². The van der Waals surface area contributed by atoms with Gasteiger partial charge in [0.15, 0.2) is 11.4 Å². The summed E-state index contributed by atoms with van der Waals surface area (Å²) in [6.45, 7) is 6.43. The molecule has 0 bridgehead atoms. The molecule has 112 valence electrons. The number of nitrogens with zero attached hydrogens (tertiary/aromatic N) is 2. The lowest BCUT2D eigenvalue weighted by Crippen LogP contribution is -2.12. The van der Waals surface area contributed by atoms with E-state index in [1.807, 2.05) is 32.9 Å². The van der Waals surface area contributed by atoms with E-state index < -0.39 is 0 Å². The quantitative estimate of drug-likeness (QED) is 0.767. The van der Waals surface area contributed by atoms with Crippen LogP contribution in [-0.2, 0) is 6.54 Å². The van der Waals surface area contributed by atoms with Gasteiger partial charge in [-0.1, -0.05) is 12.1 Å². The number of hydrogen-bond donors (Lipinski definition) is 0. The summed E-state index contributed by atoms with van der Waals surface area (Å²) in [5.74, 6) is 1.04. The number of rotatable bonds is 6. The molecule has 0 atom stereocenters. The predicted molar refractivity (Wildman–Crippen MR) is 80.1 cm³/mol. The summed E-state index contributed by atoms with van der Waals surface area (Å²) in [6, 6.07) is 7.16. The van der Waals surface area contributed by atoms with Gasteiger partial charge in [0.2, 0.25) is 5.78 Å². The number of ketones is 1. The summed E-state index contributed by atoms with van der Waals surface area (Å²) in [6.07, 6.45) is 1.62. The van der Waals surface area contributed by atoms with Crippen molar-refractivity contribution < 1.29 is 14.3 Å². The van der Waals surface area contributed by atoms with Crippen LogP contribution in [-0.4, -0.2) is 28.8 Å². The first-order valence-corrected chi connectivity index (χ1v) is 6.98. The fourth-order valence-corrected chi connectivity index (χ4v) is 2.11. The Morgan fingerprint density at radius 1 is 1.38 bits per heavy atom. The number of carbonyl (C=O) groups is 1. The molecule has 0 aliphatic carbocycles. The summed E-state index contributed by atoms with van der Waals surface area (Å²) >= 11 is 0. The minimum Gasteiger partial charge on any atom is -0.493 e. The summed E-state index contributed by atoms with van der Waals surface area (Å²) in [4.78, 5) is 12.7. The first-order chi connectivity index (χ1) is 10.1. The fraction of sp³-hybridized carbons (Fsp3) is 0.375. The molecule has 0 unspecified atom stereocenters. The van der Waals surface area contributed by atoms with Gasteiger partial charge in [0.1, 0.15) is 5.75 Å². The molecule has 1 heterocycles. The second-order valence-corrected chi connectivity index (χ2v) is 4.90. The average Bonchev–Trinajstić information content (AvgIpc) is 2.89.